The van der Waals surface area contributed by atoms with Crippen molar-refractivity contribution in [1.29, 1.82) is 0 Å². The second-order valence-corrected chi connectivity index (χ2v) is 5.21. The molecule has 1 aliphatic heterocycles. The Bertz CT molecular complexity index is 571. The highest BCUT2D eigenvalue weighted by Crippen LogP contribution is 2.26. The summed E-state index contributed by atoms with van der Waals surface area (Å²) in [5.74, 6) is 1.72. The Kier molecular flexibility index (Phi) is 3.02. The Balaban J connectivity index is 1.87. The summed E-state index contributed by atoms with van der Waals surface area (Å²) in [5.41, 5.74) is 6.68. The normalized spacial score (nSPS) is 18.9. The molecule has 0 amide bonds. The van der Waals surface area contributed by atoms with Gasteiger partial charge in [0.05, 0.1) is 12.3 Å². The molecule has 1 saturated heterocycles. The van der Waals surface area contributed by atoms with Crippen LogP contribution < -0.4 is 10.6 Å². The maximum absolute atomic E-state index is 9.65. The van der Waals surface area contributed by atoms with Gasteiger partial charge in [-0.05, 0) is 25.7 Å². The van der Waals surface area contributed by atoms with Gasteiger partial charge in [-0.3, -0.25) is 0 Å². The molecule has 0 saturated carbocycles. The predicted octanol–water partition coefficient (Wildman–Crippen LogP) is 0.909. The van der Waals surface area contributed by atoms with Crippen LogP contribution >= 0.6 is 0 Å². The summed E-state index contributed by atoms with van der Waals surface area (Å²) in [6.07, 6.45) is 7.11. The molecule has 2 aromatic heterocycles. The van der Waals surface area contributed by atoms with E-state index in [4.69, 9.17) is 5.73 Å². The molecule has 2 aromatic rings. The molecule has 0 bridgehead atoms. The summed E-state index contributed by atoms with van der Waals surface area (Å²) < 4.78 is 1.90. The third kappa shape index (κ3) is 2.23. The minimum Gasteiger partial charge on any atom is -0.393 e. The van der Waals surface area contributed by atoms with Crippen LogP contribution in [0.2, 0.25) is 0 Å². The monoisotopic (exact) mass is 261 g/mol. The minimum absolute atomic E-state index is 0.234. The predicted molar refractivity (Wildman–Crippen MR) is 74.0 cm³/mol. The summed E-state index contributed by atoms with van der Waals surface area (Å²) >= 11 is 0. The summed E-state index contributed by atoms with van der Waals surface area (Å²) in [4.78, 5) is 11.0. The SMILES string of the molecule is CC(O)C1CCN(c2nc(N)cn3ccnc23)CC1. The second kappa shape index (κ2) is 4.70. The van der Waals surface area contributed by atoms with Crippen LogP contribution in [0, 0.1) is 5.92 Å². The van der Waals surface area contributed by atoms with Crippen LogP contribution in [0.5, 0.6) is 0 Å². The summed E-state index contributed by atoms with van der Waals surface area (Å²) in [6.45, 7) is 3.63. The second-order valence-electron chi connectivity index (χ2n) is 5.21. The van der Waals surface area contributed by atoms with Crippen molar-refractivity contribution in [2.75, 3.05) is 23.7 Å². The molecule has 0 spiro atoms. The Labute approximate surface area is 111 Å². The number of piperidine rings is 1. The van der Waals surface area contributed by atoms with Crippen LogP contribution in [0.1, 0.15) is 19.8 Å². The van der Waals surface area contributed by atoms with Crippen molar-refractivity contribution in [3.05, 3.63) is 18.6 Å². The highest BCUT2D eigenvalue weighted by molar-refractivity contribution is 5.66. The van der Waals surface area contributed by atoms with Crippen LogP contribution in [-0.2, 0) is 0 Å². The fourth-order valence-electron chi connectivity index (χ4n) is 2.74. The van der Waals surface area contributed by atoms with Crippen molar-refractivity contribution < 1.29 is 5.11 Å². The number of hydrogen-bond acceptors (Lipinski definition) is 5. The Hall–Kier alpha value is -1.82. The molecule has 6 heteroatoms. The molecule has 3 N–H and O–H groups in total. The van der Waals surface area contributed by atoms with Gasteiger partial charge in [-0.2, -0.15) is 0 Å². The Morgan fingerprint density at radius 1 is 1.42 bits per heavy atom. The maximum atomic E-state index is 9.65. The van der Waals surface area contributed by atoms with E-state index in [2.05, 4.69) is 14.9 Å². The fraction of sp³-hybridized carbons (Fsp3) is 0.538. The van der Waals surface area contributed by atoms with Crippen molar-refractivity contribution in [3.8, 4) is 0 Å². The molecule has 3 rings (SSSR count). The molecular weight excluding hydrogens is 242 g/mol. The third-order valence-corrected chi connectivity index (χ3v) is 3.90. The molecule has 0 aromatic carbocycles. The Morgan fingerprint density at radius 2 is 2.16 bits per heavy atom. The van der Waals surface area contributed by atoms with Crippen molar-refractivity contribution >= 4 is 17.3 Å². The van der Waals surface area contributed by atoms with Crippen molar-refractivity contribution in [2.24, 2.45) is 5.92 Å². The van der Waals surface area contributed by atoms with Crippen molar-refractivity contribution in [2.45, 2.75) is 25.9 Å². The molecule has 102 valence electrons. The highest BCUT2D eigenvalue weighted by Gasteiger charge is 2.25. The largest absolute Gasteiger partial charge is 0.393 e. The van der Waals surface area contributed by atoms with Crippen molar-refractivity contribution in [1.82, 2.24) is 14.4 Å². The molecule has 1 fully saturated rings. The maximum Gasteiger partial charge on any atom is 0.180 e. The van der Waals surface area contributed by atoms with Gasteiger partial charge < -0.3 is 20.1 Å². The first-order valence-corrected chi connectivity index (χ1v) is 6.67. The van der Waals surface area contributed by atoms with E-state index in [-0.39, 0.29) is 6.10 Å². The number of aliphatic hydroxyl groups is 1. The van der Waals surface area contributed by atoms with Gasteiger partial charge in [0.1, 0.15) is 5.82 Å². The van der Waals surface area contributed by atoms with E-state index >= 15 is 0 Å². The van der Waals surface area contributed by atoms with Gasteiger partial charge in [-0.25, -0.2) is 9.97 Å². The first kappa shape index (κ1) is 12.2. The lowest BCUT2D eigenvalue weighted by Crippen LogP contribution is -2.37. The summed E-state index contributed by atoms with van der Waals surface area (Å²) in [5, 5.41) is 9.65. The first-order chi connectivity index (χ1) is 9.15. The lowest BCUT2D eigenvalue weighted by molar-refractivity contribution is 0.110. The zero-order valence-corrected chi connectivity index (χ0v) is 11.0. The zero-order chi connectivity index (χ0) is 13.4. The summed E-state index contributed by atoms with van der Waals surface area (Å²) in [7, 11) is 0. The first-order valence-electron chi connectivity index (χ1n) is 6.67. The molecular formula is C13H19N5O. The van der Waals surface area contributed by atoms with E-state index in [0.717, 1.165) is 37.4 Å². The van der Waals surface area contributed by atoms with Gasteiger partial charge in [-0.1, -0.05) is 0 Å². The average molecular weight is 261 g/mol. The average Bonchev–Trinajstić information content (AvgIpc) is 2.85. The van der Waals surface area contributed by atoms with E-state index in [9.17, 15) is 5.11 Å². The van der Waals surface area contributed by atoms with Gasteiger partial charge >= 0.3 is 0 Å². The van der Waals surface area contributed by atoms with E-state index in [1.54, 1.807) is 12.4 Å². The van der Waals surface area contributed by atoms with Crippen LogP contribution in [-0.4, -0.2) is 38.7 Å². The molecule has 19 heavy (non-hydrogen) atoms. The van der Waals surface area contributed by atoms with Gasteiger partial charge in [0, 0.05) is 25.5 Å². The van der Waals surface area contributed by atoms with Crippen LogP contribution in [0.4, 0.5) is 11.6 Å². The third-order valence-electron chi connectivity index (χ3n) is 3.90. The van der Waals surface area contributed by atoms with E-state index < -0.39 is 0 Å². The van der Waals surface area contributed by atoms with Gasteiger partial charge in [0.2, 0.25) is 0 Å². The number of fused-ring (bicyclic) bond motifs is 1. The van der Waals surface area contributed by atoms with Crippen LogP contribution in [0.3, 0.4) is 0 Å². The van der Waals surface area contributed by atoms with Crippen LogP contribution in [0.25, 0.3) is 5.65 Å². The zero-order valence-electron chi connectivity index (χ0n) is 11.0. The summed E-state index contributed by atoms with van der Waals surface area (Å²) in [6, 6.07) is 0. The van der Waals surface area contributed by atoms with E-state index in [0.29, 0.717) is 11.7 Å². The van der Waals surface area contributed by atoms with Gasteiger partial charge in [-0.15, -0.1) is 0 Å². The molecule has 6 nitrogen and oxygen atoms in total. The molecule has 1 aliphatic rings. The fourth-order valence-corrected chi connectivity index (χ4v) is 2.74. The Morgan fingerprint density at radius 3 is 2.84 bits per heavy atom. The lowest BCUT2D eigenvalue weighted by Gasteiger charge is -2.34. The molecule has 0 aliphatic carbocycles. The number of nitrogen functional groups attached to an aromatic ring is 1. The van der Waals surface area contributed by atoms with E-state index in [1.165, 1.54) is 0 Å². The molecule has 3 heterocycles. The van der Waals surface area contributed by atoms with Gasteiger partial charge in [0.15, 0.2) is 11.5 Å². The van der Waals surface area contributed by atoms with Gasteiger partial charge in [0.25, 0.3) is 0 Å². The number of nitrogens with two attached hydrogens (primary N) is 1. The number of rotatable bonds is 2. The number of nitrogens with zero attached hydrogens (tertiary/aromatic N) is 4. The number of anilines is 2. The van der Waals surface area contributed by atoms with E-state index in [1.807, 2.05) is 17.5 Å². The molecule has 1 atom stereocenters. The highest BCUT2D eigenvalue weighted by atomic mass is 16.3. The van der Waals surface area contributed by atoms with Crippen LogP contribution in [0.15, 0.2) is 18.6 Å². The molecule has 1 unspecified atom stereocenters. The number of hydrogen-bond donors (Lipinski definition) is 2. The smallest absolute Gasteiger partial charge is 0.180 e. The topological polar surface area (TPSA) is 79.7 Å². The van der Waals surface area contributed by atoms with Crippen molar-refractivity contribution in [3.63, 3.8) is 0 Å². The number of aromatic nitrogens is 3. The number of imidazole rings is 1. The minimum atomic E-state index is -0.234. The standard InChI is InChI=1S/C13H19N5O/c1-9(19)10-2-5-17(6-3-10)13-12-15-4-7-18(12)8-11(14)16-13/h4,7-10,19H,2-3,5-6,14H2,1H3. The number of aliphatic hydroxyl groups excluding tert-OH is 1. The quantitative estimate of drug-likeness (QED) is 0.840. The molecule has 0 radical (unpaired) electrons. The lowest BCUT2D eigenvalue weighted by atomic mass is 9.92.